The van der Waals surface area contributed by atoms with Gasteiger partial charge in [0, 0.05) is 13.0 Å². The van der Waals surface area contributed by atoms with Crippen molar-refractivity contribution in [2.24, 2.45) is 0 Å². The predicted octanol–water partition coefficient (Wildman–Crippen LogP) is -0.714. The van der Waals surface area contributed by atoms with Gasteiger partial charge in [-0.3, -0.25) is 4.79 Å². The van der Waals surface area contributed by atoms with E-state index in [1.165, 1.54) is 0 Å². The summed E-state index contributed by atoms with van der Waals surface area (Å²) in [7, 11) is 0. The van der Waals surface area contributed by atoms with E-state index in [2.05, 4.69) is 4.98 Å². The normalized spacial score (nSPS) is 10.4. The molecule has 0 saturated heterocycles. The van der Waals surface area contributed by atoms with Crippen molar-refractivity contribution in [2.75, 3.05) is 13.2 Å². The first-order valence-electron chi connectivity index (χ1n) is 9.22. The summed E-state index contributed by atoms with van der Waals surface area (Å²) in [6, 6.07) is 9.89. The molecule has 1 heterocycles. The van der Waals surface area contributed by atoms with E-state index in [-0.39, 0.29) is 48.3 Å². The van der Waals surface area contributed by atoms with Gasteiger partial charge in [0.2, 0.25) is 0 Å². The van der Waals surface area contributed by atoms with Crippen molar-refractivity contribution in [1.82, 2.24) is 9.55 Å². The third kappa shape index (κ3) is 9.41. The predicted molar refractivity (Wildman–Crippen MR) is 105 cm³/mol. The van der Waals surface area contributed by atoms with Gasteiger partial charge in [-0.05, 0) is 18.6 Å². The Hall–Kier alpha value is -1.93. The van der Waals surface area contributed by atoms with E-state index in [4.69, 9.17) is 14.9 Å². The second-order valence-corrected chi connectivity index (χ2v) is 5.77. The van der Waals surface area contributed by atoms with Gasteiger partial charge < -0.3 is 19.5 Å². The Bertz CT molecular complexity index is 788. The summed E-state index contributed by atoms with van der Waals surface area (Å²) in [6.45, 7) is 6.05. The number of rotatable bonds is 8. The summed E-state index contributed by atoms with van der Waals surface area (Å²) in [5.41, 5.74) is 1.89. The third-order valence-electron chi connectivity index (χ3n) is 3.67. The first-order valence-corrected chi connectivity index (χ1v) is 9.22. The van der Waals surface area contributed by atoms with Gasteiger partial charge in [0.1, 0.15) is 5.82 Å². The minimum atomic E-state index is -1.08. The van der Waals surface area contributed by atoms with Crippen LogP contribution in [0.5, 0.6) is 0 Å². The van der Waals surface area contributed by atoms with Crippen LogP contribution in [0.3, 0.4) is 0 Å². The summed E-state index contributed by atoms with van der Waals surface area (Å²) in [4.78, 5) is 27.5. The zero-order valence-electron chi connectivity index (χ0n) is 17.6. The summed E-state index contributed by atoms with van der Waals surface area (Å²) >= 11 is 0. The third-order valence-corrected chi connectivity index (χ3v) is 3.67. The summed E-state index contributed by atoms with van der Waals surface area (Å²) < 4.78 is 6.95. The number of aliphatic carboxylic acids is 1. The van der Waals surface area contributed by atoms with Crippen molar-refractivity contribution in [1.29, 1.82) is 0 Å². The van der Waals surface area contributed by atoms with Crippen molar-refractivity contribution >= 4 is 18.0 Å². The van der Waals surface area contributed by atoms with E-state index in [1.54, 1.807) is 26.1 Å². The molecule has 1 aromatic carbocycles. The van der Waals surface area contributed by atoms with Gasteiger partial charge in [0.05, 0.1) is 30.5 Å². The maximum absolute atomic E-state index is 12.0. The first kappa shape index (κ1) is 27.1. The monoisotopic (exact) mass is 410 g/mol. The molecule has 8 heteroatoms. The molecule has 0 aliphatic heterocycles. The van der Waals surface area contributed by atoms with Crippen LogP contribution in [0, 0.1) is 0 Å². The van der Waals surface area contributed by atoms with Gasteiger partial charge in [0.15, 0.2) is 0 Å². The number of carboxylic acid groups (broad SMARTS) is 1. The van der Waals surface area contributed by atoms with E-state index in [1.807, 2.05) is 41.8 Å². The van der Waals surface area contributed by atoms with Crippen molar-refractivity contribution < 1.29 is 54.1 Å². The zero-order valence-corrected chi connectivity index (χ0v) is 19.6. The van der Waals surface area contributed by atoms with E-state index in [9.17, 15) is 9.59 Å². The van der Waals surface area contributed by atoms with Crippen LogP contribution in [0.25, 0.3) is 6.08 Å². The second-order valence-electron chi connectivity index (χ2n) is 5.77. The molecule has 0 unspecified atom stereocenters. The molecule has 29 heavy (non-hydrogen) atoms. The molecule has 0 spiro atoms. The molecule has 0 fully saturated rings. The van der Waals surface area contributed by atoms with Crippen LogP contribution in [0.15, 0.2) is 42.1 Å². The van der Waals surface area contributed by atoms with Crippen LogP contribution in [-0.2, 0) is 27.3 Å². The number of nitrogens with zero attached hydrogens (tertiary/aromatic N) is 2. The van der Waals surface area contributed by atoms with Crippen LogP contribution in [0.4, 0.5) is 0 Å². The number of aryl methyl sites for hydroxylation is 1. The number of aromatic nitrogens is 2. The van der Waals surface area contributed by atoms with Crippen LogP contribution in [0.2, 0.25) is 0 Å². The Balaban J connectivity index is 0.00000184. The quantitative estimate of drug-likeness (QED) is 0.350. The van der Waals surface area contributed by atoms with Gasteiger partial charge in [-0.2, -0.15) is 0 Å². The smallest absolute Gasteiger partial charge is 0.855 e. The molecule has 0 aliphatic carbocycles. The number of ether oxygens (including phenoxy) is 1. The standard InChI is InChI=1S/C19H22N2O4.C2H5O.Na/c1-3-17-20-12-16(21(17)13-14-8-6-5-7-9-14)10-15(11-18(22)23)19(24)25-4-2;1-2-3;/h5-10,12H,3-4,11,13H2,1-2H3,(H,22,23);2H2,1H3;/q;-1;+1/b15-10+;;. The molecule has 0 atom stereocenters. The number of hydrogen-bond donors (Lipinski definition) is 1. The topological polar surface area (TPSA) is 104 Å². The van der Waals surface area contributed by atoms with E-state index >= 15 is 0 Å². The van der Waals surface area contributed by atoms with Gasteiger partial charge >= 0.3 is 41.5 Å². The maximum atomic E-state index is 12.0. The van der Waals surface area contributed by atoms with Gasteiger partial charge in [-0.25, -0.2) is 9.78 Å². The van der Waals surface area contributed by atoms with Crippen molar-refractivity contribution in [2.45, 2.75) is 40.2 Å². The maximum Gasteiger partial charge on any atom is 1.00 e. The van der Waals surface area contributed by atoms with Crippen LogP contribution < -0.4 is 34.7 Å². The molecule has 1 aromatic heterocycles. The van der Waals surface area contributed by atoms with Crippen LogP contribution in [-0.4, -0.2) is 39.8 Å². The fraction of sp³-hybridized carbons (Fsp3) is 0.381. The van der Waals surface area contributed by atoms with Crippen molar-refractivity contribution in [3.63, 3.8) is 0 Å². The summed E-state index contributed by atoms with van der Waals surface area (Å²) in [6.07, 6.45) is 3.55. The minimum Gasteiger partial charge on any atom is -0.855 e. The number of imidazole rings is 1. The average molecular weight is 410 g/mol. The Kier molecular flexibility index (Phi) is 14.0. The molecule has 0 radical (unpaired) electrons. The molecule has 2 aromatic rings. The molecular weight excluding hydrogens is 383 g/mol. The Morgan fingerprint density at radius 2 is 1.83 bits per heavy atom. The van der Waals surface area contributed by atoms with Crippen LogP contribution >= 0.6 is 0 Å². The first-order chi connectivity index (χ1) is 13.5. The Morgan fingerprint density at radius 1 is 1.21 bits per heavy atom. The zero-order chi connectivity index (χ0) is 20.9. The molecule has 7 nitrogen and oxygen atoms in total. The molecule has 0 bridgehead atoms. The molecule has 0 saturated carbocycles. The Morgan fingerprint density at radius 3 is 2.34 bits per heavy atom. The van der Waals surface area contributed by atoms with Gasteiger partial charge in [0.25, 0.3) is 0 Å². The number of benzene rings is 1. The largest absolute Gasteiger partial charge is 1.00 e. The Labute approximate surface area is 193 Å². The molecule has 152 valence electrons. The van der Waals surface area contributed by atoms with Crippen LogP contribution in [0.1, 0.15) is 44.3 Å². The molecule has 2 rings (SSSR count). The van der Waals surface area contributed by atoms with Crippen molar-refractivity contribution in [3.05, 3.63) is 59.2 Å². The SMILES string of the molecule is CCOC(=O)/C(=C/c1cnc(CC)n1Cc1ccccc1)CC(=O)O.CC[O-].[Na+]. The number of carbonyl (C=O) groups is 2. The van der Waals surface area contributed by atoms with Gasteiger partial charge in [-0.15, -0.1) is 6.61 Å². The number of carbonyl (C=O) groups excluding carboxylic acids is 1. The van der Waals surface area contributed by atoms with E-state index in [0.29, 0.717) is 12.2 Å². The van der Waals surface area contributed by atoms with E-state index < -0.39 is 18.4 Å². The fourth-order valence-electron chi connectivity index (χ4n) is 2.52. The van der Waals surface area contributed by atoms with Gasteiger partial charge in [-0.1, -0.05) is 44.2 Å². The molecular formula is C21H27N2NaO5. The molecule has 0 amide bonds. The average Bonchev–Trinajstić information content (AvgIpc) is 3.04. The van der Waals surface area contributed by atoms with E-state index in [0.717, 1.165) is 17.8 Å². The fourth-order valence-corrected chi connectivity index (χ4v) is 2.52. The number of carboxylic acids is 1. The number of hydrogen-bond acceptors (Lipinski definition) is 5. The molecule has 0 aliphatic rings. The minimum absolute atomic E-state index is 0. The summed E-state index contributed by atoms with van der Waals surface area (Å²) in [5.74, 6) is -0.826. The number of esters is 1. The second kappa shape index (κ2) is 15.0. The molecule has 1 N–H and O–H groups in total. The summed E-state index contributed by atoms with van der Waals surface area (Å²) in [5, 5.41) is 18.0. The van der Waals surface area contributed by atoms with Crippen molar-refractivity contribution in [3.8, 4) is 0 Å².